The van der Waals surface area contributed by atoms with E-state index in [2.05, 4.69) is 6.58 Å². The number of likely N-dealkylation sites (N-methyl/N-ethyl adjacent to an activating group) is 1. The SMILES string of the molecule is C=C(N)C1=C(O)C(N(C)C)C2CC3C(=C(O)C2(O)[C@]12OC2C)C(=O)c1c(C)ccc(Cl)c1C3(C)O. The highest BCUT2D eigenvalue weighted by molar-refractivity contribution is 6.32. The second kappa shape index (κ2) is 7.11. The molecule has 8 nitrogen and oxygen atoms in total. The molecule has 0 aromatic heterocycles. The fourth-order valence-corrected chi connectivity index (χ4v) is 7.43. The number of aryl methyl sites for hydroxylation is 1. The van der Waals surface area contributed by atoms with E-state index in [0.29, 0.717) is 11.1 Å². The van der Waals surface area contributed by atoms with Gasteiger partial charge < -0.3 is 30.9 Å². The lowest BCUT2D eigenvalue weighted by molar-refractivity contribution is -0.131. The predicted octanol–water partition coefficient (Wildman–Crippen LogP) is 2.62. The van der Waals surface area contributed by atoms with Crippen LogP contribution in [-0.4, -0.2) is 68.6 Å². The zero-order chi connectivity index (χ0) is 26.0. The molecule has 1 spiro atoms. The first-order valence-electron chi connectivity index (χ1n) is 11.6. The van der Waals surface area contributed by atoms with Crippen LogP contribution in [0.3, 0.4) is 0 Å². The molecule has 0 bridgehead atoms. The molecule has 1 fully saturated rings. The summed E-state index contributed by atoms with van der Waals surface area (Å²) >= 11 is 6.49. The molecule has 35 heavy (non-hydrogen) atoms. The summed E-state index contributed by atoms with van der Waals surface area (Å²) in [7, 11) is 3.45. The van der Waals surface area contributed by atoms with Gasteiger partial charge in [0.15, 0.2) is 17.0 Å². The van der Waals surface area contributed by atoms with Gasteiger partial charge in [-0.05, 0) is 52.9 Å². The molecular weight excluding hydrogens is 472 g/mol. The second-order valence-electron chi connectivity index (χ2n) is 10.7. The molecule has 188 valence electrons. The Balaban J connectivity index is 1.86. The molecule has 7 atom stereocenters. The first-order valence-corrected chi connectivity index (χ1v) is 12.0. The first-order chi connectivity index (χ1) is 16.2. The highest BCUT2D eigenvalue weighted by Crippen LogP contribution is 2.66. The van der Waals surface area contributed by atoms with Gasteiger partial charge in [-0.15, -0.1) is 0 Å². The summed E-state index contributed by atoms with van der Waals surface area (Å²) in [5.41, 5.74) is 1.91. The van der Waals surface area contributed by atoms with Crippen LogP contribution >= 0.6 is 11.6 Å². The van der Waals surface area contributed by atoms with Crippen molar-refractivity contribution in [3.8, 4) is 0 Å². The lowest BCUT2D eigenvalue weighted by Gasteiger charge is -2.56. The molecule has 3 aliphatic carbocycles. The largest absolute Gasteiger partial charge is 0.510 e. The molecule has 6 unspecified atom stereocenters. The summed E-state index contributed by atoms with van der Waals surface area (Å²) in [6, 6.07) is 2.51. The molecule has 1 saturated heterocycles. The van der Waals surface area contributed by atoms with E-state index >= 15 is 0 Å². The number of halogens is 1. The Bertz CT molecular complexity index is 1270. The maximum Gasteiger partial charge on any atom is 0.193 e. The average molecular weight is 503 g/mol. The summed E-state index contributed by atoms with van der Waals surface area (Å²) < 4.78 is 5.92. The van der Waals surface area contributed by atoms with Gasteiger partial charge in [0.2, 0.25) is 0 Å². The number of aliphatic hydroxyl groups is 4. The zero-order valence-electron chi connectivity index (χ0n) is 20.4. The van der Waals surface area contributed by atoms with E-state index in [4.69, 9.17) is 22.1 Å². The van der Waals surface area contributed by atoms with Crippen molar-refractivity contribution in [1.29, 1.82) is 0 Å². The Hall–Kier alpha value is -2.36. The number of nitrogens with zero attached hydrogens (tertiary/aromatic N) is 1. The van der Waals surface area contributed by atoms with Crippen molar-refractivity contribution < 1.29 is 30.0 Å². The number of hydrogen-bond acceptors (Lipinski definition) is 8. The fraction of sp³-hybridized carbons (Fsp3) is 0.500. The Morgan fingerprint density at radius 3 is 2.40 bits per heavy atom. The van der Waals surface area contributed by atoms with E-state index in [1.807, 2.05) is 0 Å². The number of rotatable bonds is 2. The molecular formula is C26H31ClN2O6. The number of epoxide rings is 1. The van der Waals surface area contributed by atoms with Crippen LogP contribution in [0.1, 0.15) is 41.8 Å². The summed E-state index contributed by atoms with van der Waals surface area (Å²) in [6.07, 6.45) is -0.564. The normalized spacial score (nSPS) is 40.1. The summed E-state index contributed by atoms with van der Waals surface area (Å²) in [4.78, 5) is 15.6. The molecule has 1 aromatic carbocycles. The summed E-state index contributed by atoms with van der Waals surface area (Å²) in [5, 5.41) is 47.7. The number of benzene rings is 1. The lowest BCUT2D eigenvalue weighted by Crippen LogP contribution is -2.68. The first kappa shape index (κ1) is 24.3. The summed E-state index contributed by atoms with van der Waals surface area (Å²) in [6.45, 7) is 8.78. The van der Waals surface area contributed by atoms with Gasteiger partial charge in [-0.2, -0.15) is 0 Å². The third-order valence-electron chi connectivity index (χ3n) is 8.62. The Kier molecular flexibility index (Phi) is 4.94. The Morgan fingerprint density at radius 2 is 1.89 bits per heavy atom. The smallest absolute Gasteiger partial charge is 0.193 e. The van der Waals surface area contributed by atoms with Gasteiger partial charge in [-0.1, -0.05) is 24.2 Å². The van der Waals surface area contributed by atoms with Crippen LogP contribution in [0.25, 0.3) is 0 Å². The summed E-state index contributed by atoms with van der Waals surface area (Å²) in [5.74, 6) is -2.94. The molecule has 1 aromatic rings. The third kappa shape index (κ3) is 2.64. The van der Waals surface area contributed by atoms with Gasteiger partial charge in [-0.3, -0.25) is 9.69 Å². The van der Waals surface area contributed by atoms with E-state index in [1.165, 1.54) is 0 Å². The quantitative estimate of drug-likeness (QED) is 0.389. The second-order valence-corrected chi connectivity index (χ2v) is 11.1. The highest BCUT2D eigenvalue weighted by atomic mass is 35.5. The number of ketones is 1. The molecule has 9 heteroatoms. The standard InChI is InChI=1S/C26H31ClN2O6/c1-10-7-8-15(27)19-16(10)21(30)17-13(24(19,4)33)9-14-20(29(5)6)22(31)18(11(2)28)26(12(3)35-26)25(14,34)23(17)32/h7-8,12-14,20,31-34H,2,9,28H2,1,3-6H3/t12?,13?,14?,20?,24?,25?,26-/m1/s1. The van der Waals surface area contributed by atoms with Gasteiger partial charge >= 0.3 is 0 Å². The molecule has 0 radical (unpaired) electrons. The average Bonchev–Trinajstić information content (AvgIpc) is 3.41. The van der Waals surface area contributed by atoms with Crippen LogP contribution in [0.2, 0.25) is 5.02 Å². The topological polar surface area (TPSA) is 140 Å². The van der Waals surface area contributed by atoms with Crippen LogP contribution < -0.4 is 5.73 Å². The highest BCUT2D eigenvalue weighted by Gasteiger charge is 2.79. The van der Waals surface area contributed by atoms with E-state index < -0.39 is 52.3 Å². The fourth-order valence-electron chi connectivity index (χ4n) is 7.08. The monoisotopic (exact) mass is 502 g/mol. The number of hydrogen-bond donors (Lipinski definition) is 5. The van der Waals surface area contributed by atoms with Crippen molar-refractivity contribution >= 4 is 17.4 Å². The third-order valence-corrected chi connectivity index (χ3v) is 8.94. The van der Waals surface area contributed by atoms with E-state index in [0.717, 1.165) is 0 Å². The van der Waals surface area contributed by atoms with E-state index in [-0.39, 0.29) is 39.6 Å². The van der Waals surface area contributed by atoms with Crippen molar-refractivity contribution in [2.75, 3.05) is 14.1 Å². The van der Waals surface area contributed by atoms with E-state index in [9.17, 15) is 25.2 Å². The van der Waals surface area contributed by atoms with Gasteiger partial charge in [-0.25, -0.2) is 0 Å². The molecule has 1 heterocycles. The van der Waals surface area contributed by atoms with Crippen LogP contribution in [0, 0.1) is 18.8 Å². The van der Waals surface area contributed by atoms with Crippen molar-refractivity contribution in [2.24, 2.45) is 17.6 Å². The number of fused-ring (bicyclic) bond motifs is 4. The number of nitrogens with two attached hydrogens (primary N) is 1. The molecule has 4 aliphatic rings. The number of Topliss-reactive ketones (excluding diaryl/α,β-unsaturated/α-hetero) is 1. The number of carbonyl (C=O) groups is 1. The van der Waals surface area contributed by atoms with Crippen molar-refractivity contribution in [3.63, 3.8) is 0 Å². The number of ether oxygens (including phenoxy) is 1. The molecule has 6 N–H and O–H groups in total. The van der Waals surface area contributed by atoms with Gasteiger partial charge in [0.25, 0.3) is 0 Å². The Morgan fingerprint density at radius 1 is 1.29 bits per heavy atom. The predicted molar refractivity (Wildman–Crippen MR) is 130 cm³/mol. The minimum atomic E-state index is -2.10. The number of aliphatic hydroxyl groups excluding tert-OH is 2. The zero-order valence-corrected chi connectivity index (χ0v) is 21.1. The maximum absolute atomic E-state index is 13.9. The van der Waals surface area contributed by atoms with Crippen molar-refractivity contribution in [2.45, 2.75) is 56.1 Å². The van der Waals surface area contributed by atoms with Gasteiger partial charge in [0.1, 0.15) is 11.5 Å². The Labute approximate surface area is 208 Å². The van der Waals surface area contributed by atoms with Crippen molar-refractivity contribution in [3.05, 3.63) is 68.8 Å². The molecule has 1 aliphatic heterocycles. The van der Waals surface area contributed by atoms with Crippen LogP contribution in [0.5, 0.6) is 0 Å². The van der Waals surface area contributed by atoms with E-state index in [1.54, 1.807) is 51.9 Å². The van der Waals surface area contributed by atoms with Gasteiger partial charge in [0, 0.05) is 39.3 Å². The lowest BCUT2D eigenvalue weighted by atomic mass is 9.52. The maximum atomic E-state index is 13.9. The molecule has 0 amide bonds. The number of carbonyl (C=O) groups excluding carboxylic acids is 1. The van der Waals surface area contributed by atoms with Crippen LogP contribution in [0.4, 0.5) is 0 Å². The molecule has 0 saturated carbocycles. The molecule has 5 rings (SSSR count). The minimum Gasteiger partial charge on any atom is -0.510 e. The van der Waals surface area contributed by atoms with Crippen LogP contribution in [0.15, 0.2) is 47.1 Å². The minimum absolute atomic E-state index is 0.000405. The van der Waals surface area contributed by atoms with Crippen LogP contribution in [-0.2, 0) is 10.3 Å². The van der Waals surface area contributed by atoms with Gasteiger partial charge in [0.05, 0.1) is 23.3 Å². The van der Waals surface area contributed by atoms with Crippen molar-refractivity contribution in [1.82, 2.24) is 4.90 Å².